The third kappa shape index (κ3) is 5.42. The molecular formula is C20H35N3O4. The van der Waals surface area contributed by atoms with E-state index >= 15 is 0 Å². The van der Waals surface area contributed by atoms with Crippen molar-refractivity contribution in [1.29, 1.82) is 0 Å². The topological polar surface area (TPSA) is 71.1 Å². The van der Waals surface area contributed by atoms with Gasteiger partial charge in [0, 0.05) is 44.3 Å². The van der Waals surface area contributed by atoms with E-state index in [-0.39, 0.29) is 23.7 Å². The third-order valence-corrected chi connectivity index (χ3v) is 6.18. The van der Waals surface area contributed by atoms with Crippen LogP contribution in [0.2, 0.25) is 0 Å². The van der Waals surface area contributed by atoms with Gasteiger partial charge in [0.2, 0.25) is 11.8 Å². The minimum Gasteiger partial charge on any atom is -0.356 e. The van der Waals surface area contributed by atoms with E-state index in [1.165, 1.54) is 0 Å². The highest BCUT2D eigenvalue weighted by atomic mass is 16.7. The van der Waals surface area contributed by atoms with Crippen molar-refractivity contribution < 1.29 is 19.1 Å². The van der Waals surface area contributed by atoms with Gasteiger partial charge in [-0.25, -0.2) is 0 Å². The van der Waals surface area contributed by atoms with Gasteiger partial charge in [-0.05, 0) is 52.7 Å². The minimum absolute atomic E-state index is 0.0679. The predicted octanol–water partition coefficient (Wildman–Crippen LogP) is 1.23. The predicted molar refractivity (Wildman–Crippen MR) is 102 cm³/mol. The van der Waals surface area contributed by atoms with Gasteiger partial charge in [0.05, 0.1) is 13.2 Å². The SMILES string of the molecule is CN(C)CCCNC(=O)C1CCC(C(=O)N2CCC3(CC2)OCCO3)CC1. The van der Waals surface area contributed by atoms with E-state index < -0.39 is 5.79 Å². The highest BCUT2D eigenvalue weighted by molar-refractivity contribution is 5.81. The number of piperidine rings is 1. The Morgan fingerprint density at radius 1 is 1.04 bits per heavy atom. The van der Waals surface area contributed by atoms with Gasteiger partial charge in [-0.3, -0.25) is 9.59 Å². The summed E-state index contributed by atoms with van der Waals surface area (Å²) in [6.45, 7) is 4.46. The van der Waals surface area contributed by atoms with E-state index in [0.717, 1.165) is 58.0 Å². The zero-order valence-electron chi connectivity index (χ0n) is 16.9. The van der Waals surface area contributed by atoms with E-state index in [0.29, 0.717) is 26.3 Å². The van der Waals surface area contributed by atoms with E-state index in [9.17, 15) is 9.59 Å². The van der Waals surface area contributed by atoms with Gasteiger partial charge >= 0.3 is 0 Å². The maximum Gasteiger partial charge on any atom is 0.225 e. The molecule has 2 heterocycles. The molecule has 1 saturated carbocycles. The number of carbonyl (C=O) groups excluding carboxylic acids is 2. The summed E-state index contributed by atoms with van der Waals surface area (Å²) in [6, 6.07) is 0. The fraction of sp³-hybridized carbons (Fsp3) is 0.900. The molecule has 0 bridgehead atoms. The van der Waals surface area contributed by atoms with Crippen molar-refractivity contribution in [2.24, 2.45) is 11.8 Å². The van der Waals surface area contributed by atoms with Crippen LogP contribution in [-0.4, -0.2) is 80.9 Å². The van der Waals surface area contributed by atoms with Gasteiger partial charge in [-0.1, -0.05) is 0 Å². The maximum absolute atomic E-state index is 12.8. The highest BCUT2D eigenvalue weighted by Crippen LogP contribution is 2.34. The van der Waals surface area contributed by atoms with Crippen LogP contribution in [0.5, 0.6) is 0 Å². The number of hydrogen-bond acceptors (Lipinski definition) is 5. The van der Waals surface area contributed by atoms with E-state index in [1.54, 1.807) is 0 Å². The number of ether oxygens (including phenoxy) is 2. The first kappa shape index (κ1) is 20.6. The molecule has 2 aliphatic heterocycles. The molecule has 1 aliphatic carbocycles. The van der Waals surface area contributed by atoms with Crippen molar-refractivity contribution in [3.8, 4) is 0 Å². The average molecular weight is 382 g/mol. The number of nitrogens with one attached hydrogen (secondary N) is 1. The molecule has 2 amide bonds. The summed E-state index contributed by atoms with van der Waals surface area (Å²) in [7, 11) is 4.08. The monoisotopic (exact) mass is 381 g/mol. The lowest BCUT2D eigenvalue weighted by Gasteiger charge is -2.39. The van der Waals surface area contributed by atoms with Crippen LogP contribution >= 0.6 is 0 Å². The summed E-state index contributed by atoms with van der Waals surface area (Å²) in [6.07, 6.45) is 5.79. The molecule has 3 aliphatic rings. The van der Waals surface area contributed by atoms with Crippen molar-refractivity contribution in [3.63, 3.8) is 0 Å². The quantitative estimate of drug-likeness (QED) is 0.701. The second-order valence-corrected chi connectivity index (χ2v) is 8.43. The number of amides is 2. The molecule has 154 valence electrons. The molecule has 1 N–H and O–H groups in total. The smallest absolute Gasteiger partial charge is 0.225 e. The Morgan fingerprint density at radius 2 is 1.63 bits per heavy atom. The van der Waals surface area contributed by atoms with E-state index in [1.807, 2.05) is 19.0 Å². The molecule has 3 fully saturated rings. The number of likely N-dealkylation sites (tertiary alicyclic amines) is 1. The van der Waals surface area contributed by atoms with Crippen LogP contribution in [0.4, 0.5) is 0 Å². The van der Waals surface area contributed by atoms with Gasteiger partial charge in [0.25, 0.3) is 0 Å². The number of carbonyl (C=O) groups is 2. The Bertz CT molecular complexity index is 501. The van der Waals surface area contributed by atoms with Gasteiger partial charge in [-0.2, -0.15) is 0 Å². The molecule has 7 heteroatoms. The Morgan fingerprint density at radius 3 is 2.22 bits per heavy atom. The van der Waals surface area contributed by atoms with Crippen molar-refractivity contribution in [2.45, 2.75) is 50.7 Å². The van der Waals surface area contributed by atoms with Crippen molar-refractivity contribution in [2.75, 3.05) is 53.5 Å². The summed E-state index contributed by atoms with van der Waals surface area (Å²) in [5.74, 6) is 0.127. The molecule has 0 atom stereocenters. The first-order valence-corrected chi connectivity index (χ1v) is 10.5. The lowest BCUT2D eigenvalue weighted by atomic mass is 9.80. The van der Waals surface area contributed by atoms with Crippen LogP contribution < -0.4 is 5.32 Å². The fourth-order valence-electron chi connectivity index (χ4n) is 4.47. The minimum atomic E-state index is -0.431. The first-order chi connectivity index (χ1) is 13.0. The third-order valence-electron chi connectivity index (χ3n) is 6.18. The lowest BCUT2D eigenvalue weighted by molar-refractivity contribution is -0.188. The summed E-state index contributed by atoms with van der Waals surface area (Å²) < 4.78 is 11.5. The molecule has 1 spiro atoms. The fourth-order valence-corrected chi connectivity index (χ4v) is 4.47. The van der Waals surface area contributed by atoms with Gasteiger partial charge in [0.15, 0.2) is 5.79 Å². The zero-order valence-corrected chi connectivity index (χ0v) is 16.9. The van der Waals surface area contributed by atoms with E-state index in [2.05, 4.69) is 10.2 Å². The maximum atomic E-state index is 12.8. The largest absolute Gasteiger partial charge is 0.356 e. The van der Waals surface area contributed by atoms with E-state index in [4.69, 9.17) is 9.47 Å². The van der Waals surface area contributed by atoms with Crippen LogP contribution in [0, 0.1) is 11.8 Å². The van der Waals surface area contributed by atoms with Crippen molar-refractivity contribution >= 4 is 11.8 Å². The molecule has 7 nitrogen and oxygen atoms in total. The normalized spacial score (nSPS) is 27.9. The number of hydrogen-bond donors (Lipinski definition) is 1. The lowest BCUT2D eigenvalue weighted by Crippen LogP contribution is -2.49. The molecule has 0 aromatic heterocycles. The standard InChI is InChI=1S/C20H35N3O4/c1-22(2)11-3-10-21-18(24)16-4-6-17(7-5-16)19(25)23-12-8-20(9-13-23)26-14-15-27-20/h16-17H,3-15H2,1-2H3,(H,21,24). The Labute approximate surface area is 162 Å². The summed E-state index contributed by atoms with van der Waals surface area (Å²) in [5, 5.41) is 3.05. The summed E-state index contributed by atoms with van der Waals surface area (Å²) in [4.78, 5) is 29.3. The van der Waals surface area contributed by atoms with Gasteiger partial charge in [-0.15, -0.1) is 0 Å². The zero-order chi connectivity index (χ0) is 19.3. The molecule has 0 radical (unpaired) electrons. The highest BCUT2D eigenvalue weighted by Gasteiger charge is 2.42. The molecule has 0 aromatic rings. The number of nitrogens with zero attached hydrogens (tertiary/aromatic N) is 2. The molecule has 0 aromatic carbocycles. The van der Waals surface area contributed by atoms with Gasteiger partial charge < -0.3 is 24.6 Å². The first-order valence-electron chi connectivity index (χ1n) is 10.5. The van der Waals surface area contributed by atoms with Crippen LogP contribution in [0.1, 0.15) is 44.9 Å². The molecule has 27 heavy (non-hydrogen) atoms. The molecule has 0 unspecified atom stereocenters. The van der Waals surface area contributed by atoms with Crippen LogP contribution in [0.25, 0.3) is 0 Å². The average Bonchev–Trinajstić information content (AvgIpc) is 3.13. The summed E-state index contributed by atoms with van der Waals surface area (Å²) >= 11 is 0. The summed E-state index contributed by atoms with van der Waals surface area (Å²) in [5.41, 5.74) is 0. The Balaban J connectivity index is 1.36. The molecule has 3 rings (SSSR count). The second kappa shape index (κ2) is 9.34. The Hall–Kier alpha value is -1.18. The van der Waals surface area contributed by atoms with Crippen molar-refractivity contribution in [3.05, 3.63) is 0 Å². The Kier molecular flexibility index (Phi) is 7.11. The van der Waals surface area contributed by atoms with Crippen molar-refractivity contribution in [1.82, 2.24) is 15.1 Å². The number of rotatable bonds is 6. The second-order valence-electron chi connectivity index (χ2n) is 8.43. The van der Waals surface area contributed by atoms with Crippen LogP contribution in [0.3, 0.4) is 0 Å². The van der Waals surface area contributed by atoms with Crippen LogP contribution in [0.15, 0.2) is 0 Å². The van der Waals surface area contributed by atoms with Gasteiger partial charge in [0.1, 0.15) is 0 Å². The van der Waals surface area contributed by atoms with Crippen LogP contribution in [-0.2, 0) is 19.1 Å². The molecular weight excluding hydrogens is 346 g/mol. The molecule has 2 saturated heterocycles.